The number of aromatic nitrogens is 2. The maximum Gasteiger partial charge on any atom is 0.416 e. The van der Waals surface area contributed by atoms with Gasteiger partial charge in [0.15, 0.2) is 0 Å². The van der Waals surface area contributed by atoms with Crippen molar-refractivity contribution in [3.05, 3.63) is 41.6 Å². The number of alkyl halides is 3. The van der Waals surface area contributed by atoms with Crippen molar-refractivity contribution < 1.29 is 13.2 Å². The Morgan fingerprint density at radius 2 is 1.90 bits per heavy atom. The normalized spacial score (nSPS) is 12.7. The topological polar surface area (TPSA) is 40.7 Å². The molecule has 0 spiro atoms. The van der Waals surface area contributed by atoms with E-state index in [2.05, 4.69) is 15.5 Å². The number of H-pyrrole nitrogens is 1. The van der Waals surface area contributed by atoms with Gasteiger partial charge in [-0.3, -0.25) is 5.10 Å². The van der Waals surface area contributed by atoms with Gasteiger partial charge < -0.3 is 5.32 Å². The predicted octanol–water partition coefficient (Wildman–Crippen LogP) is 3.98. The molecule has 0 saturated carbocycles. The molecule has 2 aromatic rings. The van der Waals surface area contributed by atoms with Crippen molar-refractivity contribution in [2.75, 3.05) is 0 Å². The lowest BCUT2D eigenvalue weighted by Crippen LogP contribution is -2.35. The van der Waals surface area contributed by atoms with Crippen LogP contribution in [0.1, 0.15) is 31.9 Å². The summed E-state index contributed by atoms with van der Waals surface area (Å²) < 4.78 is 38.3. The summed E-state index contributed by atoms with van der Waals surface area (Å²) in [7, 11) is 0. The Labute approximate surface area is 121 Å². The molecule has 0 amide bonds. The minimum absolute atomic E-state index is 0.0810. The molecule has 0 radical (unpaired) electrons. The van der Waals surface area contributed by atoms with Gasteiger partial charge in [0.25, 0.3) is 0 Å². The molecule has 0 bridgehead atoms. The number of rotatable bonds is 3. The van der Waals surface area contributed by atoms with E-state index in [0.29, 0.717) is 17.8 Å². The fourth-order valence-electron chi connectivity index (χ4n) is 1.91. The van der Waals surface area contributed by atoms with Gasteiger partial charge in [-0.1, -0.05) is 12.1 Å². The lowest BCUT2D eigenvalue weighted by Gasteiger charge is -2.20. The van der Waals surface area contributed by atoms with Crippen LogP contribution in [0.4, 0.5) is 13.2 Å². The van der Waals surface area contributed by atoms with Gasteiger partial charge >= 0.3 is 6.18 Å². The fraction of sp³-hybridized carbons (Fsp3) is 0.400. The summed E-state index contributed by atoms with van der Waals surface area (Å²) in [6.07, 6.45) is -2.71. The molecule has 21 heavy (non-hydrogen) atoms. The molecule has 0 saturated heterocycles. The standard InChI is InChI=1S/C15H18F3N3/c1-14(2,3)19-8-11-9-20-21-13(11)10-5-4-6-12(7-10)15(16,17)18/h4-7,9,19H,8H2,1-3H3,(H,20,21). The molecular weight excluding hydrogens is 279 g/mol. The molecular formula is C15H18F3N3. The average Bonchev–Trinajstić information content (AvgIpc) is 2.83. The summed E-state index contributed by atoms with van der Waals surface area (Å²) in [5, 5.41) is 10.0. The van der Waals surface area contributed by atoms with Gasteiger partial charge in [-0.05, 0) is 32.9 Å². The zero-order valence-corrected chi connectivity index (χ0v) is 12.2. The van der Waals surface area contributed by atoms with E-state index in [4.69, 9.17) is 0 Å². The van der Waals surface area contributed by atoms with Crippen LogP contribution < -0.4 is 5.32 Å². The van der Waals surface area contributed by atoms with Crippen LogP contribution in [0.3, 0.4) is 0 Å². The highest BCUT2D eigenvalue weighted by molar-refractivity contribution is 5.63. The molecule has 0 fully saturated rings. The first-order valence-electron chi connectivity index (χ1n) is 6.62. The third-order valence-electron chi connectivity index (χ3n) is 3.01. The zero-order chi connectivity index (χ0) is 15.7. The van der Waals surface area contributed by atoms with E-state index in [1.165, 1.54) is 6.07 Å². The summed E-state index contributed by atoms with van der Waals surface area (Å²) in [6, 6.07) is 5.24. The molecule has 3 nitrogen and oxygen atoms in total. The Bertz CT molecular complexity index is 609. The lowest BCUT2D eigenvalue weighted by atomic mass is 10.0. The number of hydrogen-bond donors (Lipinski definition) is 2. The highest BCUT2D eigenvalue weighted by Gasteiger charge is 2.30. The third-order valence-corrected chi connectivity index (χ3v) is 3.01. The summed E-state index contributed by atoms with van der Waals surface area (Å²) in [5.74, 6) is 0. The van der Waals surface area contributed by atoms with Gasteiger partial charge in [-0.25, -0.2) is 0 Å². The minimum atomic E-state index is -4.35. The third kappa shape index (κ3) is 4.07. The summed E-state index contributed by atoms with van der Waals surface area (Å²) in [5.41, 5.74) is 1.18. The van der Waals surface area contributed by atoms with Gasteiger partial charge in [-0.15, -0.1) is 0 Å². The molecule has 0 atom stereocenters. The molecule has 1 aromatic carbocycles. The van der Waals surface area contributed by atoms with Crippen LogP contribution in [-0.4, -0.2) is 15.7 Å². The lowest BCUT2D eigenvalue weighted by molar-refractivity contribution is -0.137. The quantitative estimate of drug-likeness (QED) is 0.899. The molecule has 114 valence electrons. The summed E-state index contributed by atoms with van der Waals surface area (Å²) in [4.78, 5) is 0. The molecule has 0 aliphatic rings. The van der Waals surface area contributed by atoms with E-state index in [1.807, 2.05) is 20.8 Å². The first-order chi connectivity index (χ1) is 9.67. The van der Waals surface area contributed by atoms with Crippen molar-refractivity contribution in [3.63, 3.8) is 0 Å². The van der Waals surface area contributed by atoms with E-state index in [-0.39, 0.29) is 5.54 Å². The number of aromatic amines is 1. The number of nitrogens with one attached hydrogen (secondary N) is 2. The largest absolute Gasteiger partial charge is 0.416 e. The summed E-state index contributed by atoms with van der Waals surface area (Å²) >= 11 is 0. The Balaban J connectivity index is 2.29. The molecule has 0 aliphatic carbocycles. The van der Waals surface area contributed by atoms with Crippen LogP contribution in [0.15, 0.2) is 30.5 Å². The van der Waals surface area contributed by atoms with Crippen LogP contribution >= 0.6 is 0 Å². The number of benzene rings is 1. The van der Waals surface area contributed by atoms with Crippen LogP contribution in [0, 0.1) is 0 Å². The minimum Gasteiger partial charge on any atom is -0.308 e. The van der Waals surface area contributed by atoms with Crippen molar-refractivity contribution in [1.29, 1.82) is 0 Å². The maximum atomic E-state index is 12.8. The smallest absolute Gasteiger partial charge is 0.308 e. The van der Waals surface area contributed by atoms with Crippen molar-refractivity contribution in [3.8, 4) is 11.3 Å². The van der Waals surface area contributed by atoms with Crippen molar-refractivity contribution >= 4 is 0 Å². The number of hydrogen-bond acceptors (Lipinski definition) is 2. The fourth-order valence-corrected chi connectivity index (χ4v) is 1.91. The Kier molecular flexibility index (Phi) is 4.09. The van der Waals surface area contributed by atoms with Crippen LogP contribution in [0.2, 0.25) is 0 Å². The van der Waals surface area contributed by atoms with E-state index in [1.54, 1.807) is 12.3 Å². The molecule has 0 unspecified atom stereocenters. The van der Waals surface area contributed by atoms with Crippen LogP contribution in [0.5, 0.6) is 0 Å². The van der Waals surface area contributed by atoms with Crippen LogP contribution in [0.25, 0.3) is 11.3 Å². The number of halogens is 3. The predicted molar refractivity (Wildman–Crippen MR) is 75.6 cm³/mol. The van der Waals surface area contributed by atoms with E-state index >= 15 is 0 Å². The first-order valence-corrected chi connectivity index (χ1v) is 6.62. The highest BCUT2D eigenvalue weighted by atomic mass is 19.4. The maximum absolute atomic E-state index is 12.8. The van der Waals surface area contributed by atoms with Gasteiger partial charge in [-0.2, -0.15) is 18.3 Å². The molecule has 1 aromatic heterocycles. The second-order valence-corrected chi connectivity index (χ2v) is 5.95. The van der Waals surface area contributed by atoms with Crippen molar-refractivity contribution in [1.82, 2.24) is 15.5 Å². The SMILES string of the molecule is CC(C)(C)NCc1cn[nH]c1-c1cccc(C(F)(F)F)c1. The molecule has 2 N–H and O–H groups in total. The molecule has 2 rings (SSSR count). The molecule has 1 heterocycles. The highest BCUT2D eigenvalue weighted by Crippen LogP contribution is 2.32. The van der Waals surface area contributed by atoms with E-state index in [9.17, 15) is 13.2 Å². The van der Waals surface area contributed by atoms with E-state index < -0.39 is 11.7 Å². The van der Waals surface area contributed by atoms with Crippen LogP contribution in [-0.2, 0) is 12.7 Å². The Morgan fingerprint density at radius 3 is 2.52 bits per heavy atom. The van der Waals surface area contributed by atoms with E-state index in [0.717, 1.165) is 17.7 Å². The Morgan fingerprint density at radius 1 is 1.19 bits per heavy atom. The van der Waals surface area contributed by atoms with Gasteiger partial charge in [0.1, 0.15) is 0 Å². The second kappa shape index (κ2) is 5.52. The van der Waals surface area contributed by atoms with Gasteiger partial charge in [0.2, 0.25) is 0 Å². The number of nitrogens with zero attached hydrogens (tertiary/aromatic N) is 1. The van der Waals surface area contributed by atoms with Crippen molar-refractivity contribution in [2.45, 2.75) is 39.0 Å². The monoisotopic (exact) mass is 297 g/mol. The zero-order valence-electron chi connectivity index (χ0n) is 12.2. The van der Waals surface area contributed by atoms with Crippen molar-refractivity contribution in [2.24, 2.45) is 0 Å². The first kappa shape index (κ1) is 15.6. The molecule has 0 aliphatic heterocycles. The second-order valence-electron chi connectivity index (χ2n) is 5.95. The molecule has 6 heteroatoms. The summed E-state index contributed by atoms with van der Waals surface area (Å²) in [6.45, 7) is 6.61. The Hall–Kier alpha value is -1.82. The van der Waals surface area contributed by atoms with Gasteiger partial charge in [0.05, 0.1) is 17.5 Å². The van der Waals surface area contributed by atoms with Gasteiger partial charge in [0, 0.05) is 23.2 Å². The average molecular weight is 297 g/mol.